The number of non-ortho nitro benzene ring substituents is 1. The van der Waals surface area contributed by atoms with Crippen molar-refractivity contribution in [2.45, 2.75) is 19.7 Å². The van der Waals surface area contributed by atoms with E-state index in [0.717, 1.165) is 11.6 Å². The Morgan fingerprint density at radius 2 is 1.71 bits per heavy atom. The minimum atomic E-state index is -4.66. The Kier molecular flexibility index (Phi) is 6.50. The first kappa shape index (κ1) is 25.2. The van der Waals surface area contributed by atoms with Crippen LogP contribution < -0.4 is 4.74 Å². The van der Waals surface area contributed by atoms with Crippen LogP contribution >= 0.6 is 11.6 Å². The smallest absolute Gasteiger partial charge is 0.417 e. The Balaban J connectivity index is 1.54. The Labute approximate surface area is 219 Å². The van der Waals surface area contributed by atoms with Crippen molar-refractivity contribution in [2.75, 3.05) is 0 Å². The molecule has 0 aliphatic carbocycles. The lowest BCUT2D eigenvalue weighted by Crippen LogP contribution is -2.08. The maximum atomic E-state index is 14.1. The summed E-state index contributed by atoms with van der Waals surface area (Å²) in [6, 6.07) is 20.1. The van der Waals surface area contributed by atoms with Crippen LogP contribution in [0, 0.1) is 17.0 Å². The second-order valence-corrected chi connectivity index (χ2v) is 8.83. The quantitative estimate of drug-likeness (QED) is 0.164. The number of hydrogen-bond donors (Lipinski definition) is 0. The van der Waals surface area contributed by atoms with Crippen molar-refractivity contribution in [1.29, 1.82) is 0 Å². The first-order chi connectivity index (χ1) is 18.1. The highest BCUT2D eigenvalue weighted by Crippen LogP contribution is 2.39. The molecule has 11 heteroatoms. The number of nitro groups is 1. The topological polar surface area (TPSA) is 83.1 Å². The van der Waals surface area contributed by atoms with Crippen LogP contribution in [0.2, 0.25) is 5.02 Å². The van der Waals surface area contributed by atoms with E-state index in [4.69, 9.17) is 16.3 Å². The van der Waals surface area contributed by atoms with Crippen molar-refractivity contribution < 1.29 is 22.8 Å². The van der Waals surface area contributed by atoms with E-state index in [-0.39, 0.29) is 34.7 Å². The van der Waals surface area contributed by atoms with Crippen molar-refractivity contribution in [1.82, 2.24) is 14.8 Å². The summed E-state index contributed by atoms with van der Waals surface area (Å²) in [5, 5.41) is 15.7. The number of nitrogens with zero attached hydrogens (tertiary/aromatic N) is 4. The van der Waals surface area contributed by atoms with Gasteiger partial charge in [-0.1, -0.05) is 29.8 Å². The largest absolute Gasteiger partial charge is 0.489 e. The number of halogens is 4. The second kappa shape index (κ2) is 9.79. The summed E-state index contributed by atoms with van der Waals surface area (Å²) < 4.78 is 49.4. The van der Waals surface area contributed by atoms with Gasteiger partial charge in [0.05, 0.1) is 32.9 Å². The Hall–Kier alpha value is -4.44. The molecule has 0 aliphatic heterocycles. The summed E-state index contributed by atoms with van der Waals surface area (Å²) >= 11 is 6.16. The summed E-state index contributed by atoms with van der Waals surface area (Å²) in [6.45, 7) is 1.70. The van der Waals surface area contributed by atoms with Gasteiger partial charge in [0.25, 0.3) is 5.69 Å². The van der Waals surface area contributed by atoms with E-state index in [1.807, 2.05) is 18.2 Å². The van der Waals surface area contributed by atoms with E-state index in [1.54, 1.807) is 30.3 Å². The molecule has 0 amide bonds. The van der Waals surface area contributed by atoms with Gasteiger partial charge in [0, 0.05) is 28.3 Å². The van der Waals surface area contributed by atoms with Gasteiger partial charge >= 0.3 is 6.18 Å². The Bertz CT molecular complexity index is 1650. The fraction of sp³-hybridized carbons (Fsp3) is 0.111. The second-order valence-electron chi connectivity index (χ2n) is 8.43. The van der Waals surface area contributed by atoms with Gasteiger partial charge in [-0.25, -0.2) is 9.67 Å². The van der Waals surface area contributed by atoms with Crippen LogP contribution in [-0.4, -0.2) is 19.7 Å². The maximum Gasteiger partial charge on any atom is 0.417 e. The van der Waals surface area contributed by atoms with Crippen molar-refractivity contribution in [3.8, 4) is 22.7 Å². The number of nitro benzene ring substituents is 1. The molecule has 0 spiro atoms. The number of fused-ring (bicyclic) bond motifs is 1. The molecule has 0 bridgehead atoms. The minimum Gasteiger partial charge on any atom is -0.489 e. The van der Waals surface area contributed by atoms with E-state index >= 15 is 0 Å². The van der Waals surface area contributed by atoms with Gasteiger partial charge in [0.15, 0.2) is 5.65 Å². The van der Waals surface area contributed by atoms with Gasteiger partial charge in [0.1, 0.15) is 12.4 Å². The first-order valence-corrected chi connectivity index (χ1v) is 11.7. The lowest BCUT2D eigenvalue weighted by Gasteiger charge is -2.12. The van der Waals surface area contributed by atoms with E-state index in [1.165, 1.54) is 35.9 Å². The average Bonchev–Trinajstić information content (AvgIpc) is 3.23. The summed E-state index contributed by atoms with van der Waals surface area (Å²) in [5.74, 6) is 0.512. The molecule has 0 saturated heterocycles. The molecule has 0 saturated carbocycles. The van der Waals surface area contributed by atoms with Crippen molar-refractivity contribution in [3.63, 3.8) is 0 Å². The minimum absolute atomic E-state index is 0.0137. The van der Waals surface area contributed by atoms with Gasteiger partial charge < -0.3 is 4.74 Å². The molecule has 2 heterocycles. The van der Waals surface area contributed by atoms with Crippen molar-refractivity contribution in [3.05, 3.63) is 111 Å². The number of hydrogen-bond acceptors (Lipinski definition) is 5. The number of pyridine rings is 1. The predicted molar refractivity (Wildman–Crippen MR) is 136 cm³/mol. The molecular formula is C27H18ClF3N4O3. The van der Waals surface area contributed by atoms with Crippen LogP contribution in [-0.2, 0) is 12.8 Å². The molecule has 5 rings (SSSR count). The molecule has 0 fully saturated rings. The number of alkyl halides is 3. The zero-order chi connectivity index (χ0) is 27.0. The van der Waals surface area contributed by atoms with Crippen LogP contribution in [0.5, 0.6) is 5.75 Å². The third kappa shape index (κ3) is 4.90. The SMILES string of the molecule is Cc1nn(-c2ccc([N+](=O)[O-])cc2)c2nc(-c3ccc(OCc4ccccc4Cl)cc3)cc(C(F)(F)F)c12. The predicted octanol–water partition coefficient (Wildman–Crippen LogP) is 7.56. The molecule has 3 aromatic carbocycles. The van der Waals surface area contributed by atoms with Crippen molar-refractivity contribution in [2.24, 2.45) is 0 Å². The molecule has 192 valence electrons. The van der Waals surface area contributed by atoms with E-state index in [0.29, 0.717) is 22.0 Å². The van der Waals surface area contributed by atoms with Crippen LogP contribution in [0.25, 0.3) is 28.0 Å². The monoisotopic (exact) mass is 538 g/mol. The van der Waals surface area contributed by atoms with Gasteiger partial charge in [0.2, 0.25) is 0 Å². The van der Waals surface area contributed by atoms with Crippen LogP contribution in [0.4, 0.5) is 18.9 Å². The third-order valence-corrected chi connectivity index (χ3v) is 6.29. The van der Waals surface area contributed by atoms with Gasteiger partial charge in [-0.2, -0.15) is 18.3 Å². The van der Waals surface area contributed by atoms with E-state index in [9.17, 15) is 23.3 Å². The number of aryl methyl sites for hydroxylation is 1. The molecule has 0 radical (unpaired) electrons. The average molecular weight is 539 g/mol. The zero-order valence-electron chi connectivity index (χ0n) is 19.7. The maximum absolute atomic E-state index is 14.1. The number of ether oxygens (including phenoxy) is 1. The van der Waals surface area contributed by atoms with Gasteiger partial charge in [-0.15, -0.1) is 0 Å². The standard InChI is InChI=1S/C27H18ClF3N4O3/c1-16-25-22(27(29,30)31)14-24(32-26(25)34(33-16)19-8-10-20(11-9-19)35(36)37)17-6-12-21(13-7-17)38-15-18-4-2-3-5-23(18)28/h2-14H,15H2,1H3. The van der Waals surface area contributed by atoms with Crippen LogP contribution in [0.1, 0.15) is 16.8 Å². The normalized spacial score (nSPS) is 11.6. The zero-order valence-corrected chi connectivity index (χ0v) is 20.5. The Morgan fingerprint density at radius 3 is 2.34 bits per heavy atom. The lowest BCUT2D eigenvalue weighted by molar-refractivity contribution is -0.384. The lowest BCUT2D eigenvalue weighted by atomic mass is 10.0. The molecule has 2 aromatic heterocycles. The molecule has 0 atom stereocenters. The summed E-state index contributed by atoms with van der Waals surface area (Å²) in [4.78, 5) is 15.0. The van der Waals surface area contributed by atoms with Crippen LogP contribution in [0.3, 0.4) is 0 Å². The van der Waals surface area contributed by atoms with E-state index < -0.39 is 16.7 Å². The highest BCUT2D eigenvalue weighted by Gasteiger charge is 2.36. The highest BCUT2D eigenvalue weighted by atomic mass is 35.5. The fourth-order valence-electron chi connectivity index (χ4n) is 4.05. The summed E-state index contributed by atoms with van der Waals surface area (Å²) in [6.07, 6.45) is -4.66. The first-order valence-electron chi connectivity index (χ1n) is 11.3. The molecule has 0 unspecified atom stereocenters. The molecule has 0 aliphatic rings. The molecule has 5 aromatic rings. The van der Waals surface area contributed by atoms with E-state index in [2.05, 4.69) is 10.1 Å². The summed E-state index contributed by atoms with van der Waals surface area (Å²) in [7, 11) is 0. The fourth-order valence-corrected chi connectivity index (χ4v) is 4.24. The van der Waals surface area contributed by atoms with Gasteiger partial charge in [-0.3, -0.25) is 10.1 Å². The molecule has 7 nitrogen and oxygen atoms in total. The molecule has 0 N–H and O–H groups in total. The number of rotatable bonds is 6. The molecular weight excluding hydrogens is 521 g/mol. The third-order valence-electron chi connectivity index (χ3n) is 5.93. The molecule has 38 heavy (non-hydrogen) atoms. The number of benzene rings is 3. The van der Waals surface area contributed by atoms with Crippen LogP contribution in [0.15, 0.2) is 78.9 Å². The number of aromatic nitrogens is 3. The summed E-state index contributed by atoms with van der Waals surface area (Å²) in [5.41, 5.74) is 0.769. The van der Waals surface area contributed by atoms with Crippen molar-refractivity contribution >= 4 is 28.3 Å². The van der Waals surface area contributed by atoms with Gasteiger partial charge in [-0.05, 0) is 55.5 Å². The Morgan fingerprint density at radius 1 is 1.03 bits per heavy atom. The highest BCUT2D eigenvalue weighted by molar-refractivity contribution is 6.31.